The van der Waals surface area contributed by atoms with Gasteiger partial charge in [-0.15, -0.1) is 0 Å². The molecule has 3 aromatic rings. The summed E-state index contributed by atoms with van der Waals surface area (Å²) in [6.45, 7) is 2.38. The van der Waals surface area contributed by atoms with Gasteiger partial charge in [0.1, 0.15) is 17.3 Å². The first-order valence-corrected chi connectivity index (χ1v) is 9.86. The Labute approximate surface area is 179 Å². The van der Waals surface area contributed by atoms with E-state index in [1.807, 2.05) is 13.0 Å². The predicted molar refractivity (Wildman–Crippen MR) is 115 cm³/mol. The summed E-state index contributed by atoms with van der Waals surface area (Å²) >= 11 is 0. The lowest BCUT2D eigenvalue weighted by atomic mass is 9.95. The van der Waals surface area contributed by atoms with Gasteiger partial charge in [-0.25, -0.2) is 4.39 Å². The average Bonchev–Trinajstić information content (AvgIpc) is 3.06. The molecule has 4 rings (SSSR count). The number of halogens is 1. The molecule has 1 atom stereocenters. The smallest absolute Gasteiger partial charge is 0.300 e. The number of benzene rings is 3. The Balaban J connectivity index is 1.87. The Hall–Kier alpha value is -3.93. The summed E-state index contributed by atoms with van der Waals surface area (Å²) in [7, 11) is 0. The molecule has 0 saturated carbocycles. The Morgan fingerprint density at radius 3 is 2.23 bits per heavy atom. The molecule has 1 aliphatic rings. The van der Waals surface area contributed by atoms with E-state index in [0.29, 0.717) is 23.6 Å². The molecule has 0 bridgehead atoms. The van der Waals surface area contributed by atoms with Crippen LogP contribution in [-0.4, -0.2) is 23.4 Å². The lowest BCUT2D eigenvalue weighted by molar-refractivity contribution is -0.132. The summed E-state index contributed by atoms with van der Waals surface area (Å²) in [6.07, 6.45) is 0. The molecule has 1 aliphatic heterocycles. The molecule has 0 spiro atoms. The van der Waals surface area contributed by atoms with E-state index in [4.69, 9.17) is 4.74 Å². The number of amides is 1. The maximum absolute atomic E-state index is 13.3. The van der Waals surface area contributed by atoms with Gasteiger partial charge in [-0.3, -0.25) is 14.5 Å². The summed E-state index contributed by atoms with van der Waals surface area (Å²) in [6, 6.07) is 20.1. The summed E-state index contributed by atoms with van der Waals surface area (Å²) in [5.74, 6) is -1.72. The molecule has 0 radical (unpaired) electrons. The van der Waals surface area contributed by atoms with Crippen molar-refractivity contribution in [1.82, 2.24) is 0 Å². The standard InChI is InChI=1S/C25H20FNO4/c1-2-31-20-14-12-19(13-15-20)27-22(16-6-4-3-5-7-16)21(24(29)25(27)30)23(28)17-8-10-18(26)11-9-17/h3-15,22,28H,2H2,1H3/b23-21+. The molecule has 1 amide bonds. The Kier molecular flexibility index (Phi) is 5.54. The van der Waals surface area contributed by atoms with E-state index in [1.165, 1.54) is 29.2 Å². The molecule has 1 unspecified atom stereocenters. The van der Waals surface area contributed by atoms with Crippen LogP contribution in [0.15, 0.2) is 84.4 Å². The fourth-order valence-corrected chi connectivity index (χ4v) is 3.68. The van der Waals surface area contributed by atoms with Crippen molar-refractivity contribution >= 4 is 23.1 Å². The number of aliphatic hydroxyl groups excluding tert-OH is 1. The predicted octanol–water partition coefficient (Wildman–Crippen LogP) is 4.85. The van der Waals surface area contributed by atoms with Crippen molar-refractivity contribution in [1.29, 1.82) is 0 Å². The number of rotatable bonds is 5. The Morgan fingerprint density at radius 1 is 0.968 bits per heavy atom. The monoisotopic (exact) mass is 417 g/mol. The van der Waals surface area contributed by atoms with E-state index in [0.717, 1.165) is 0 Å². The fourth-order valence-electron chi connectivity index (χ4n) is 3.68. The number of Topliss-reactive ketones (excluding diaryl/α,β-unsaturated/α-hetero) is 1. The number of nitrogens with zero attached hydrogens (tertiary/aromatic N) is 1. The lowest BCUT2D eigenvalue weighted by Gasteiger charge is -2.25. The minimum atomic E-state index is -0.829. The number of hydrogen-bond donors (Lipinski definition) is 1. The second-order valence-electron chi connectivity index (χ2n) is 7.01. The van der Waals surface area contributed by atoms with E-state index < -0.39 is 23.5 Å². The third kappa shape index (κ3) is 3.80. The van der Waals surface area contributed by atoms with Crippen LogP contribution in [0.5, 0.6) is 5.75 Å². The van der Waals surface area contributed by atoms with Gasteiger partial charge in [-0.05, 0) is 61.0 Å². The number of ether oxygens (including phenoxy) is 1. The SMILES string of the molecule is CCOc1ccc(N2C(=O)C(=O)/C(=C(/O)c3ccc(F)cc3)C2c2ccccc2)cc1. The van der Waals surface area contributed by atoms with E-state index >= 15 is 0 Å². The van der Waals surface area contributed by atoms with Gasteiger partial charge in [0.15, 0.2) is 0 Å². The second-order valence-corrected chi connectivity index (χ2v) is 7.01. The highest BCUT2D eigenvalue weighted by atomic mass is 19.1. The molecule has 6 heteroatoms. The summed E-state index contributed by atoms with van der Waals surface area (Å²) in [4.78, 5) is 27.4. The number of aliphatic hydroxyl groups is 1. The number of ketones is 1. The van der Waals surface area contributed by atoms with Crippen LogP contribution >= 0.6 is 0 Å². The largest absolute Gasteiger partial charge is 0.507 e. The van der Waals surface area contributed by atoms with Crippen LogP contribution in [0.4, 0.5) is 10.1 Å². The number of carbonyl (C=O) groups excluding carboxylic acids is 2. The zero-order valence-electron chi connectivity index (χ0n) is 16.8. The van der Waals surface area contributed by atoms with Crippen LogP contribution in [0, 0.1) is 5.82 Å². The van der Waals surface area contributed by atoms with Crippen LogP contribution in [0.2, 0.25) is 0 Å². The van der Waals surface area contributed by atoms with Crippen molar-refractivity contribution in [3.05, 3.63) is 101 Å². The number of hydrogen-bond acceptors (Lipinski definition) is 4. The summed E-state index contributed by atoms with van der Waals surface area (Å²) < 4.78 is 18.8. The van der Waals surface area contributed by atoms with E-state index in [2.05, 4.69) is 0 Å². The first-order chi connectivity index (χ1) is 15.0. The molecule has 5 nitrogen and oxygen atoms in total. The van der Waals surface area contributed by atoms with Crippen molar-refractivity contribution in [3.63, 3.8) is 0 Å². The summed E-state index contributed by atoms with van der Waals surface area (Å²) in [5.41, 5.74) is 1.38. The lowest BCUT2D eigenvalue weighted by Crippen LogP contribution is -2.29. The van der Waals surface area contributed by atoms with Gasteiger partial charge in [0.2, 0.25) is 0 Å². The molecule has 1 N–H and O–H groups in total. The zero-order valence-corrected chi connectivity index (χ0v) is 16.8. The molecule has 3 aromatic carbocycles. The van der Waals surface area contributed by atoms with Gasteiger partial charge >= 0.3 is 0 Å². The Bertz CT molecular complexity index is 1140. The molecule has 1 saturated heterocycles. The van der Waals surface area contributed by atoms with Crippen molar-refractivity contribution in [2.45, 2.75) is 13.0 Å². The molecular weight excluding hydrogens is 397 g/mol. The van der Waals surface area contributed by atoms with E-state index in [1.54, 1.807) is 48.5 Å². The topological polar surface area (TPSA) is 66.8 Å². The molecule has 0 aromatic heterocycles. The van der Waals surface area contributed by atoms with Crippen LogP contribution in [0.25, 0.3) is 5.76 Å². The van der Waals surface area contributed by atoms with Crippen molar-refractivity contribution in [3.8, 4) is 5.75 Å². The number of carbonyl (C=O) groups is 2. The van der Waals surface area contributed by atoms with Gasteiger partial charge in [0.05, 0.1) is 18.2 Å². The maximum atomic E-state index is 13.3. The van der Waals surface area contributed by atoms with Crippen LogP contribution in [0.1, 0.15) is 24.1 Å². The molecule has 31 heavy (non-hydrogen) atoms. The van der Waals surface area contributed by atoms with E-state index in [-0.39, 0.29) is 16.9 Å². The normalized spacial score (nSPS) is 17.7. The maximum Gasteiger partial charge on any atom is 0.300 e. The quantitative estimate of drug-likeness (QED) is 0.366. The molecule has 0 aliphatic carbocycles. The van der Waals surface area contributed by atoms with Gasteiger partial charge in [0.25, 0.3) is 11.7 Å². The molecule has 1 heterocycles. The fraction of sp³-hybridized carbons (Fsp3) is 0.120. The third-order valence-corrected chi connectivity index (χ3v) is 5.10. The van der Waals surface area contributed by atoms with Gasteiger partial charge in [0, 0.05) is 11.3 Å². The molecule has 1 fully saturated rings. The first kappa shape index (κ1) is 20.3. The third-order valence-electron chi connectivity index (χ3n) is 5.10. The summed E-state index contributed by atoms with van der Waals surface area (Å²) in [5, 5.41) is 10.9. The van der Waals surface area contributed by atoms with E-state index in [9.17, 15) is 19.1 Å². The molecular formula is C25H20FNO4. The van der Waals surface area contributed by atoms with Crippen molar-refractivity contribution in [2.75, 3.05) is 11.5 Å². The highest BCUT2D eigenvalue weighted by Gasteiger charge is 2.46. The zero-order chi connectivity index (χ0) is 22.0. The van der Waals surface area contributed by atoms with Crippen LogP contribution in [-0.2, 0) is 9.59 Å². The van der Waals surface area contributed by atoms with Crippen LogP contribution in [0.3, 0.4) is 0 Å². The Morgan fingerprint density at radius 2 is 1.61 bits per heavy atom. The van der Waals surface area contributed by atoms with Crippen LogP contribution < -0.4 is 9.64 Å². The minimum absolute atomic E-state index is 0.0447. The van der Waals surface area contributed by atoms with Gasteiger partial charge in [-0.2, -0.15) is 0 Å². The average molecular weight is 417 g/mol. The van der Waals surface area contributed by atoms with Crippen molar-refractivity contribution in [2.24, 2.45) is 0 Å². The highest BCUT2D eigenvalue weighted by molar-refractivity contribution is 6.51. The minimum Gasteiger partial charge on any atom is -0.507 e. The van der Waals surface area contributed by atoms with Gasteiger partial charge < -0.3 is 9.84 Å². The molecule has 156 valence electrons. The van der Waals surface area contributed by atoms with Gasteiger partial charge in [-0.1, -0.05) is 30.3 Å². The number of anilines is 1. The van der Waals surface area contributed by atoms with Crippen molar-refractivity contribution < 1.29 is 23.8 Å². The highest BCUT2D eigenvalue weighted by Crippen LogP contribution is 2.42. The first-order valence-electron chi connectivity index (χ1n) is 9.86. The second kappa shape index (κ2) is 8.44.